The Morgan fingerprint density at radius 3 is 2.79 bits per heavy atom. The van der Waals surface area contributed by atoms with Gasteiger partial charge in [-0.25, -0.2) is 0 Å². The highest BCUT2D eigenvalue weighted by molar-refractivity contribution is 6.32. The second kappa shape index (κ2) is 6.01. The summed E-state index contributed by atoms with van der Waals surface area (Å²) in [6.07, 6.45) is 6.75. The molecule has 1 saturated carbocycles. The Morgan fingerprint density at radius 1 is 1.53 bits per heavy atom. The fourth-order valence-corrected chi connectivity index (χ4v) is 2.48. The predicted octanol–water partition coefficient (Wildman–Crippen LogP) is 1.89. The number of hydrogen-bond acceptors (Lipinski definition) is 4. The Bertz CT molecular complexity index is 482. The Kier molecular flexibility index (Phi) is 4.36. The highest BCUT2D eigenvalue weighted by Crippen LogP contribution is 2.21. The SMILES string of the molecule is O=C(Cn1cc(Cl)c([N+](=O)[O-])n1)NC1CCCCC1. The molecule has 1 aromatic rings. The van der Waals surface area contributed by atoms with Crippen molar-refractivity contribution in [1.82, 2.24) is 15.1 Å². The molecule has 19 heavy (non-hydrogen) atoms. The first-order valence-corrected chi connectivity index (χ1v) is 6.61. The standard InChI is InChI=1S/C11H15ClN4O3/c12-9-6-15(14-11(9)16(18)19)7-10(17)13-8-4-2-1-3-5-8/h6,8H,1-5,7H2,(H,13,17). The second-order valence-corrected chi connectivity index (χ2v) is 5.06. The van der Waals surface area contributed by atoms with Gasteiger partial charge in [-0.2, -0.15) is 4.68 Å². The molecule has 0 aliphatic heterocycles. The van der Waals surface area contributed by atoms with E-state index < -0.39 is 10.7 Å². The molecule has 1 aromatic heterocycles. The number of nitrogens with zero attached hydrogens (tertiary/aromatic N) is 3. The number of hydrogen-bond donors (Lipinski definition) is 1. The molecule has 0 bridgehead atoms. The van der Waals surface area contributed by atoms with Gasteiger partial charge >= 0.3 is 5.82 Å². The summed E-state index contributed by atoms with van der Waals surface area (Å²) < 4.78 is 1.19. The third-order valence-corrected chi connectivity index (χ3v) is 3.41. The summed E-state index contributed by atoms with van der Waals surface area (Å²) in [5.74, 6) is -0.618. The monoisotopic (exact) mass is 286 g/mol. The molecule has 1 aliphatic carbocycles. The van der Waals surface area contributed by atoms with Gasteiger partial charge in [-0.1, -0.05) is 30.9 Å². The van der Waals surface area contributed by atoms with Crippen LogP contribution in [0, 0.1) is 10.1 Å². The lowest BCUT2D eigenvalue weighted by molar-refractivity contribution is -0.389. The molecule has 7 nitrogen and oxygen atoms in total. The normalized spacial score (nSPS) is 16.3. The van der Waals surface area contributed by atoms with Crippen LogP contribution in [0.25, 0.3) is 0 Å². The minimum atomic E-state index is -0.669. The van der Waals surface area contributed by atoms with E-state index in [1.807, 2.05) is 0 Å². The number of carbonyl (C=O) groups excluding carboxylic acids is 1. The molecule has 1 heterocycles. The topological polar surface area (TPSA) is 90.1 Å². The van der Waals surface area contributed by atoms with Crippen LogP contribution in [0.15, 0.2) is 6.20 Å². The molecule has 0 saturated heterocycles. The van der Waals surface area contributed by atoms with E-state index in [0.29, 0.717) is 0 Å². The number of halogens is 1. The maximum Gasteiger partial charge on any atom is 0.408 e. The Labute approximate surface area is 115 Å². The van der Waals surface area contributed by atoms with E-state index in [0.717, 1.165) is 25.7 Å². The molecule has 104 valence electrons. The largest absolute Gasteiger partial charge is 0.408 e. The Hall–Kier alpha value is -1.63. The molecular formula is C11H15ClN4O3. The molecule has 0 radical (unpaired) electrons. The molecule has 1 N–H and O–H groups in total. The first kappa shape index (κ1) is 13.8. The summed E-state index contributed by atoms with van der Waals surface area (Å²) in [4.78, 5) is 21.7. The molecule has 1 aliphatic rings. The average Bonchev–Trinajstić information content (AvgIpc) is 2.71. The smallest absolute Gasteiger partial charge is 0.358 e. The van der Waals surface area contributed by atoms with E-state index in [-0.39, 0.29) is 23.5 Å². The molecule has 0 aromatic carbocycles. The third kappa shape index (κ3) is 3.66. The minimum absolute atomic E-state index is 0.0515. The summed E-state index contributed by atoms with van der Waals surface area (Å²) in [5, 5.41) is 17.1. The van der Waals surface area contributed by atoms with Gasteiger partial charge in [-0.3, -0.25) is 4.79 Å². The maximum atomic E-state index is 11.8. The van der Waals surface area contributed by atoms with Crippen LogP contribution in [-0.2, 0) is 11.3 Å². The summed E-state index contributed by atoms with van der Waals surface area (Å²) in [6.45, 7) is -0.0515. The van der Waals surface area contributed by atoms with Crippen molar-refractivity contribution in [3.8, 4) is 0 Å². The van der Waals surface area contributed by atoms with Gasteiger partial charge in [-0.15, -0.1) is 0 Å². The number of rotatable bonds is 4. The van der Waals surface area contributed by atoms with Gasteiger partial charge in [-0.05, 0) is 17.8 Å². The molecule has 1 fully saturated rings. The van der Waals surface area contributed by atoms with Crippen LogP contribution in [0.1, 0.15) is 32.1 Å². The summed E-state index contributed by atoms with van der Waals surface area (Å²) in [5.41, 5.74) is 0. The van der Waals surface area contributed by atoms with Gasteiger partial charge in [0.15, 0.2) is 5.02 Å². The number of nitrogens with one attached hydrogen (secondary N) is 1. The average molecular weight is 287 g/mol. The molecule has 2 rings (SSSR count). The van der Waals surface area contributed by atoms with Crippen molar-refractivity contribution < 1.29 is 9.72 Å². The van der Waals surface area contributed by atoms with E-state index in [4.69, 9.17) is 11.6 Å². The first-order chi connectivity index (χ1) is 9.06. The van der Waals surface area contributed by atoms with E-state index in [1.165, 1.54) is 17.3 Å². The van der Waals surface area contributed by atoms with Crippen LogP contribution < -0.4 is 5.32 Å². The molecule has 0 spiro atoms. The zero-order valence-corrected chi connectivity index (χ0v) is 11.1. The number of nitro groups is 1. The lowest BCUT2D eigenvalue weighted by Gasteiger charge is -2.22. The number of carbonyl (C=O) groups is 1. The van der Waals surface area contributed by atoms with Gasteiger partial charge in [0.05, 0.1) is 11.3 Å². The van der Waals surface area contributed by atoms with Gasteiger partial charge in [0.25, 0.3) is 0 Å². The zero-order chi connectivity index (χ0) is 13.8. The Morgan fingerprint density at radius 2 is 2.21 bits per heavy atom. The van der Waals surface area contributed by atoms with Crippen LogP contribution in [0.4, 0.5) is 5.82 Å². The van der Waals surface area contributed by atoms with Crippen LogP contribution in [0.5, 0.6) is 0 Å². The summed E-state index contributed by atoms with van der Waals surface area (Å²) >= 11 is 5.66. The zero-order valence-electron chi connectivity index (χ0n) is 10.3. The van der Waals surface area contributed by atoms with Crippen molar-refractivity contribution in [2.24, 2.45) is 0 Å². The maximum absolute atomic E-state index is 11.8. The molecule has 8 heteroatoms. The highest BCUT2D eigenvalue weighted by atomic mass is 35.5. The van der Waals surface area contributed by atoms with Crippen molar-refractivity contribution in [2.75, 3.05) is 0 Å². The molecular weight excluding hydrogens is 272 g/mol. The molecule has 0 atom stereocenters. The molecule has 0 unspecified atom stereocenters. The third-order valence-electron chi connectivity index (χ3n) is 3.15. The first-order valence-electron chi connectivity index (χ1n) is 6.23. The van der Waals surface area contributed by atoms with Crippen molar-refractivity contribution in [2.45, 2.75) is 44.7 Å². The van der Waals surface area contributed by atoms with E-state index in [2.05, 4.69) is 10.4 Å². The van der Waals surface area contributed by atoms with Gasteiger partial charge in [0.2, 0.25) is 5.91 Å². The number of amides is 1. The van der Waals surface area contributed by atoms with E-state index in [1.54, 1.807) is 0 Å². The summed E-state index contributed by atoms with van der Waals surface area (Å²) in [6, 6.07) is 0.210. The Balaban J connectivity index is 1.91. The molecule has 1 amide bonds. The highest BCUT2D eigenvalue weighted by Gasteiger charge is 2.21. The van der Waals surface area contributed by atoms with Crippen molar-refractivity contribution in [1.29, 1.82) is 0 Å². The van der Waals surface area contributed by atoms with Crippen molar-refractivity contribution in [3.63, 3.8) is 0 Å². The van der Waals surface area contributed by atoms with E-state index in [9.17, 15) is 14.9 Å². The van der Waals surface area contributed by atoms with Crippen LogP contribution in [0.3, 0.4) is 0 Å². The number of aromatic nitrogens is 2. The van der Waals surface area contributed by atoms with Crippen LogP contribution in [-0.4, -0.2) is 26.7 Å². The van der Waals surface area contributed by atoms with Crippen molar-refractivity contribution >= 4 is 23.3 Å². The predicted molar refractivity (Wildman–Crippen MR) is 68.9 cm³/mol. The lowest BCUT2D eigenvalue weighted by atomic mass is 9.95. The minimum Gasteiger partial charge on any atom is -0.358 e. The summed E-state index contributed by atoms with van der Waals surface area (Å²) in [7, 11) is 0. The fourth-order valence-electron chi connectivity index (χ4n) is 2.26. The van der Waals surface area contributed by atoms with Crippen molar-refractivity contribution in [3.05, 3.63) is 21.3 Å². The fraction of sp³-hybridized carbons (Fsp3) is 0.636. The van der Waals surface area contributed by atoms with E-state index >= 15 is 0 Å². The lowest BCUT2D eigenvalue weighted by Crippen LogP contribution is -2.38. The van der Waals surface area contributed by atoms with Gasteiger partial charge in [0.1, 0.15) is 6.54 Å². The van der Waals surface area contributed by atoms with Gasteiger partial charge < -0.3 is 15.4 Å². The van der Waals surface area contributed by atoms with Gasteiger partial charge in [0, 0.05) is 6.04 Å². The second-order valence-electron chi connectivity index (χ2n) is 4.66. The quantitative estimate of drug-likeness (QED) is 0.676. The van der Waals surface area contributed by atoms with Crippen LogP contribution >= 0.6 is 11.6 Å². The van der Waals surface area contributed by atoms with Crippen LogP contribution in [0.2, 0.25) is 5.02 Å².